The van der Waals surface area contributed by atoms with E-state index in [1.54, 1.807) is 17.4 Å². The summed E-state index contributed by atoms with van der Waals surface area (Å²) in [5.41, 5.74) is 1.82. The maximum absolute atomic E-state index is 12.8. The highest BCUT2D eigenvalue weighted by Crippen LogP contribution is 2.27. The van der Waals surface area contributed by atoms with Gasteiger partial charge in [0, 0.05) is 17.8 Å². The van der Waals surface area contributed by atoms with Crippen molar-refractivity contribution in [2.75, 3.05) is 11.5 Å². The Hall–Kier alpha value is -2.40. The van der Waals surface area contributed by atoms with Crippen molar-refractivity contribution in [3.63, 3.8) is 0 Å². The number of carbonyl (C=O) groups excluding carboxylic acids is 2. The second-order valence-electron chi connectivity index (χ2n) is 6.39. The first-order chi connectivity index (χ1) is 12.7. The molecule has 0 N–H and O–H groups in total. The molecule has 4 nitrogen and oxygen atoms in total. The largest absolute Gasteiger partial charge is 0.452 e. The predicted octanol–water partition coefficient (Wildman–Crippen LogP) is 4.67. The van der Waals surface area contributed by atoms with Gasteiger partial charge in [-0.3, -0.25) is 4.79 Å². The lowest BCUT2D eigenvalue weighted by atomic mass is 9.93. The van der Waals surface area contributed by atoms with E-state index in [-0.39, 0.29) is 18.6 Å². The van der Waals surface area contributed by atoms with Crippen LogP contribution in [-0.2, 0) is 14.3 Å². The zero-order valence-electron chi connectivity index (χ0n) is 14.7. The van der Waals surface area contributed by atoms with Crippen molar-refractivity contribution in [2.24, 2.45) is 0 Å². The molecule has 1 aromatic carbocycles. The second kappa shape index (κ2) is 9.34. The van der Waals surface area contributed by atoms with Gasteiger partial charge in [-0.1, -0.05) is 37.5 Å². The normalized spacial score (nSPS) is 15.1. The molecule has 0 atom stereocenters. The average molecular weight is 369 g/mol. The van der Waals surface area contributed by atoms with Crippen LogP contribution in [0, 0.1) is 0 Å². The molecule has 0 spiro atoms. The molecular formula is C21H23NO3S. The van der Waals surface area contributed by atoms with Crippen molar-refractivity contribution in [1.82, 2.24) is 0 Å². The number of hydrogen-bond donors (Lipinski definition) is 0. The molecule has 1 amide bonds. The first-order valence-electron chi connectivity index (χ1n) is 8.98. The first kappa shape index (κ1) is 18.4. The summed E-state index contributed by atoms with van der Waals surface area (Å²) in [6, 6.07) is 11.7. The van der Waals surface area contributed by atoms with Gasteiger partial charge < -0.3 is 9.64 Å². The highest BCUT2D eigenvalue weighted by Gasteiger charge is 2.27. The third-order valence-corrected chi connectivity index (χ3v) is 5.24. The number of anilines is 1. The monoisotopic (exact) mass is 369 g/mol. The summed E-state index contributed by atoms with van der Waals surface area (Å²) in [5.74, 6) is -0.665. The Morgan fingerprint density at radius 1 is 1.12 bits per heavy atom. The molecular weight excluding hydrogens is 346 g/mol. The molecule has 0 bridgehead atoms. The van der Waals surface area contributed by atoms with E-state index in [4.69, 9.17) is 4.74 Å². The molecule has 5 heteroatoms. The maximum Gasteiger partial charge on any atom is 0.331 e. The van der Waals surface area contributed by atoms with Crippen LogP contribution in [0.3, 0.4) is 0 Å². The molecule has 0 aliphatic heterocycles. The summed E-state index contributed by atoms with van der Waals surface area (Å²) in [6.07, 6.45) is 8.52. The van der Waals surface area contributed by atoms with Gasteiger partial charge in [0.05, 0.1) is 0 Å². The van der Waals surface area contributed by atoms with Crippen LogP contribution in [-0.4, -0.2) is 24.5 Å². The van der Waals surface area contributed by atoms with Gasteiger partial charge in [0.2, 0.25) is 0 Å². The van der Waals surface area contributed by atoms with E-state index in [0.717, 1.165) is 36.9 Å². The zero-order valence-corrected chi connectivity index (χ0v) is 15.5. The minimum Gasteiger partial charge on any atom is -0.452 e. The Morgan fingerprint density at radius 3 is 2.58 bits per heavy atom. The Kier molecular flexibility index (Phi) is 6.61. The third-order valence-electron chi connectivity index (χ3n) is 4.54. The van der Waals surface area contributed by atoms with Crippen molar-refractivity contribution in [1.29, 1.82) is 0 Å². The molecule has 1 fully saturated rings. The topological polar surface area (TPSA) is 46.6 Å². The van der Waals surface area contributed by atoms with Gasteiger partial charge in [-0.2, -0.15) is 11.3 Å². The number of ether oxygens (including phenoxy) is 1. The van der Waals surface area contributed by atoms with E-state index in [9.17, 15) is 9.59 Å². The van der Waals surface area contributed by atoms with E-state index in [1.165, 1.54) is 12.5 Å². The highest BCUT2D eigenvalue weighted by atomic mass is 32.1. The molecule has 2 aromatic rings. The molecule has 136 valence electrons. The van der Waals surface area contributed by atoms with Crippen LogP contribution >= 0.6 is 11.3 Å². The van der Waals surface area contributed by atoms with Gasteiger partial charge in [-0.15, -0.1) is 0 Å². The number of rotatable bonds is 6. The van der Waals surface area contributed by atoms with Crippen molar-refractivity contribution in [2.45, 2.75) is 38.1 Å². The van der Waals surface area contributed by atoms with Gasteiger partial charge in [0.15, 0.2) is 6.61 Å². The van der Waals surface area contributed by atoms with Crippen LogP contribution in [0.1, 0.15) is 37.7 Å². The van der Waals surface area contributed by atoms with Crippen molar-refractivity contribution < 1.29 is 14.3 Å². The number of para-hydroxylation sites is 1. The second-order valence-corrected chi connectivity index (χ2v) is 7.17. The zero-order chi connectivity index (χ0) is 18.2. The minimum absolute atomic E-state index is 0.166. The summed E-state index contributed by atoms with van der Waals surface area (Å²) in [4.78, 5) is 26.5. The fraction of sp³-hybridized carbons (Fsp3) is 0.333. The molecule has 0 unspecified atom stereocenters. The Balaban J connectivity index is 1.62. The van der Waals surface area contributed by atoms with Crippen LogP contribution in [0.5, 0.6) is 0 Å². The van der Waals surface area contributed by atoms with Gasteiger partial charge in [-0.25, -0.2) is 4.79 Å². The quantitative estimate of drug-likeness (QED) is 0.549. The first-order valence-corrected chi connectivity index (χ1v) is 9.92. The van der Waals surface area contributed by atoms with Crippen LogP contribution in [0.15, 0.2) is 53.2 Å². The lowest BCUT2D eigenvalue weighted by Gasteiger charge is -2.34. The van der Waals surface area contributed by atoms with Crippen molar-refractivity contribution >= 4 is 35.0 Å². The standard InChI is InChI=1S/C21H23NO3S/c23-20(15-25-21(24)12-11-17-13-14-26-16-17)22(18-7-3-1-4-8-18)19-9-5-2-6-10-19/h1,3-4,7-8,11-14,16,19H,2,5-6,9-10,15H2/b12-11+. The lowest BCUT2D eigenvalue weighted by molar-refractivity contribution is -0.143. The Bertz CT molecular complexity index is 734. The van der Waals surface area contributed by atoms with Crippen LogP contribution < -0.4 is 4.90 Å². The summed E-state index contributed by atoms with van der Waals surface area (Å²) in [5, 5.41) is 3.88. The molecule has 26 heavy (non-hydrogen) atoms. The van der Waals surface area contributed by atoms with Crippen LogP contribution in [0.2, 0.25) is 0 Å². The Labute approximate surface area is 158 Å². The predicted molar refractivity (Wildman–Crippen MR) is 105 cm³/mol. The van der Waals surface area contributed by atoms with Crippen LogP contribution in [0.4, 0.5) is 5.69 Å². The summed E-state index contributed by atoms with van der Waals surface area (Å²) < 4.78 is 5.18. The molecule has 1 aliphatic carbocycles. The molecule has 0 radical (unpaired) electrons. The number of esters is 1. The molecule has 1 heterocycles. The maximum atomic E-state index is 12.8. The summed E-state index contributed by atoms with van der Waals surface area (Å²) in [7, 11) is 0. The fourth-order valence-corrected chi connectivity index (χ4v) is 3.90. The van der Waals surface area contributed by atoms with Gasteiger partial charge >= 0.3 is 5.97 Å². The number of benzene rings is 1. The lowest BCUT2D eigenvalue weighted by Crippen LogP contribution is -2.43. The summed E-state index contributed by atoms with van der Waals surface area (Å²) in [6.45, 7) is -0.238. The number of nitrogens with zero attached hydrogens (tertiary/aromatic N) is 1. The summed E-state index contributed by atoms with van der Waals surface area (Å²) >= 11 is 1.56. The molecule has 3 rings (SSSR count). The smallest absolute Gasteiger partial charge is 0.331 e. The van der Waals surface area contributed by atoms with Crippen LogP contribution in [0.25, 0.3) is 6.08 Å². The van der Waals surface area contributed by atoms with E-state index >= 15 is 0 Å². The van der Waals surface area contributed by atoms with Gasteiger partial charge in [0.1, 0.15) is 0 Å². The molecule has 1 aliphatic rings. The minimum atomic E-state index is -0.499. The molecule has 1 saturated carbocycles. The van der Waals surface area contributed by atoms with E-state index in [0.29, 0.717) is 0 Å². The fourth-order valence-electron chi connectivity index (χ4n) is 3.27. The Morgan fingerprint density at radius 2 is 1.88 bits per heavy atom. The van der Waals surface area contributed by atoms with Gasteiger partial charge in [-0.05, 0) is 53.4 Å². The third kappa shape index (κ3) is 5.05. The van der Waals surface area contributed by atoms with E-state index in [2.05, 4.69) is 0 Å². The number of hydrogen-bond acceptors (Lipinski definition) is 4. The van der Waals surface area contributed by atoms with Gasteiger partial charge in [0.25, 0.3) is 5.91 Å². The number of thiophene rings is 1. The average Bonchev–Trinajstić information content (AvgIpc) is 3.20. The number of amides is 1. The van der Waals surface area contributed by atoms with E-state index < -0.39 is 5.97 Å². The van der Waals surface area contributed by atoms with Crippen molar-refractivity contribution in [3.05, 3.63) is 58.8 Å². The van der Waals surface area contributed by atoms with Crippen molar-refractivity contribution in [3.8, 4) is 0 Å². The SMILES string of the molecule is O=C(/C=C/c1ccsc1)OCC(=O)N(c1ccccc1)C1CCCCC1. The van der Waals surface area contributed by atoms with E-state index in [1.807, 2.05) is 52.1 Å². The highest BCUT2D eigenvalue weighted by molar-refractivity contribution is 7.08. The molecule has 0 saturated heterocycles. The number of carbonyl (C=O) groups is 2. The molecule has 1 aromatic heterocycles.